The number of aryl methyl sites for hydroxylation is 2. The second-order valence-electron chi connectivity index (χ2n) is 7.75. The Kier molecular flexibility index (Phi) is 5.24. The number of hydrogen-bond acceptors (Lipinski definition) is 4. The van der Waals surface area contributed by atoms with Crippen LogP contribution in [-0.4, -0.2) is 21.1 Å². The largest absolute Gasteiger partial charge is 0.298 e. The van der Waals surface area contributed by atoms with Crippen LogP contribution in [0, 0.1) is 19.3 Å². The van der Waals surface area contributed by atoms with Gasteiger partial charge in [-0.2, -0.15) is 0 Å². The SMILES string of the molecule is Cc1cccc(C)c1-n1c(SCC(=O)C(C)(C)C)nc2ccccc2c1=O. The number of carbonyl (C=O) groups excluding carboxylic acids is 1. The molecule has 0 fully saturated rings. The predicted molar refractivity (Wildman–Crippen MR) is 112 cm³/mol. The van der Waals surface area contributed by atoms with E-state index in [0.29, 0.717) is 16.1 Å². The average molecular weight is 381 g/mol. The number of benzene rings is 2. The van der Waals surface area contributed by atoms with Crippen LogP contribution < -0.4 is 5.56 Å². The molecule has 2 aromatic carbocycles. The van der Waals surface area contributed by atoms with Gasteiger partial charge in [0, 0.05) is 5.41 Å². The van der Waals surface area contributed by atoms with Gasteiger partial charge < -0.3 is 0 Å². The van der Waals surface area contributed by atoms with Gasteiger partial charge in [0.05, 0.1) is 22.3 Å². The third-order valence-electron chi connectivity index (χ3n) is 4.58. The van der Waals surface area contributed by atoms with Crippen molar-refractivity contribution in [2.24, 2.45) is 5.41 Å². The number of carbonyl (C=O) groups is 1. The number of nitrogens with zero attached hydrogens (tertiary/aromatic N) is 2. The lowest BCUT2D eigenvalue weighted by Gasteiger charge is -2.19. The Labute approximate surface area is 163 Å². The maximum atomic E-state index is 13.3. The fraction of sp³-hybridized carbons (Fsp3) is 0.318. The molecule has 0 atom stereocenters. The van der Waals surface area contributed by atoms with Crippen LogP contribution in [0.25, 0.3) is 16.6 Å². The van der Waals surface area contributed by atoms with Crippen molar-refractivity contribution in [1.29, 1.82) is 0 Å². The fourth-order valence-corrected chi connectivity index (χ4v) is 4.07. The second kappa shape index (κ2) is 7.31. The van der Waals surface area contributed by atoms with Crippen LogP contribution in [-0.2, 0) is 4.79 Å². The lowest BCUT2D eigenvalue weighted by molar-refractivity contribution is -0.123. The van der Waals surface area contributed by atoms with Crippen LogP contribution in [0.5, 0.6) is 0 Å². The van der Waals surface area contributed by atoms with Crippen LogP contribution in [0.2, 0.25) is 0 Å². The molecule has 0 saturated carbocycles. The highest BCUT2D eigenvalue weighted by molar-refractivity contribution is 7.99. The zero-order valence-electron chi connectivity index (χ0n) is 16.4. The first-order chi connectivity index (χ1) is 12.7. The van der Waals surface area contributed by atoms with Crippen molar-refractivity contribution < 1.29 is 4.79 Å². The topological polar surface area (TPSA) is 52.0 Å². The molecule has 0 aliphatic rings. The molecule has 140 valence electrons. The Hall–Kier alpha value is -2.40. The van der Waals surface area contributed by atoms with E-state index in [-0.39, 0.29) is 17.1 Å². The Morgan fingerprint density at radius 2 is 1.67 bits per heavy atom. The number of hydrogen-bond donors (Lipinski definition) is 0. The lowest BCUT2D eigenvalue weighted by Crippen LogP contribution is -2.25. The van der Waals surface area contributed by atoms with E-state index in [2.05, 4.69) is 0 Å². The maximum Gasteiger partial charge on any atom is 0.266 e. The molecule has 0 N–H and O–H groups in total. The van der Waals surface area contributed by atoms with Crippen molar-refractivity contribution in [2.45, 2.75) is 39.8 Å². The number of aromatic nitrogens is 2. The summed E-state index contributed by atoms with van der Waals surface area (Å²) in [6.45, 7) is 9.68. The van der Waals surface area contributed by atoms with Crippen molar-refractivity contribution in [3.63, 3.8) is 0 Å². The number of Topliss-reactive ketones (excluding diaryl/α,β-unsaturated/α-hetero) is 1. The minimum Gasteiger partial charge on any atom is -0.298 e. The van der Waals surface area contributed by atoms with Crippen LogP contribution in [0.15, 0.2) is 52.4 Å². The summed E-state index contributed by atoms with van der Waals surface area (Å²) in [4.78, 5) is 30.5. The van der Waals surface area contributed by atoms with Gasteiger partial charge >= 0.3 is 0 Å². The van der Waals surface area contributed by atoms with Crippen molar-refractivity contribution in [3.8, 4) is 5.69 Å². The van der Waals surface area contributed by atoms with Gasteiger partial charge in [0.1, 0.15) is 5.78 Å². The summed E-state index contributed by atoms with van der Waals surface area (Å²) in [6.07, 6.45) is 0. The first-order valence-electron chi connectivity index (χ1n) is 8.94. The highest BCUT2D eigenvalue weighted by Crippen LogP contribution is 2.27. The van der Waals surface area contributed by atoms with Gasteiger partial charge in [-0.25, -0.2) is 4.98 Å². The molecule has 0 bridgehead atoms. The minimum atomic E-state index is -0.423. The molecule has 3 rings (SSSR count). The molecule has 27 heavy (non-hydrogen) atoms. The van der Waals surface area contributed by atoms with Gasteiger partial charge in [0.2, 0.25) is 0 Å². The summed E-state index contributed by atoms with van der Waals surface area (Å²) in [7, 11) is 0. The molecular weight excluding hydrogens is 356 g/mol. The standard InChI is InChI=1S/C22H24N2O2S/c1-14-9-8-10-15(2)19(14)24-20(26)16-11-6-7-12-17(16)23-21(24)27-13-18(25)22(3,4)5/h6-12H,13H2,1-5H3. The summed E-state index contributed by atoms with van der Waals surface area (Å²) in [5.41, 5.74) is 2.95. The maximum absolute atomic E-state index is 13.3. The second-order valence-corrected chi connectivity index (χ2v) is 8.70. The zero-order valence-corrected chi connectivity index (χ0v) is 17.2. The third kappa shape index (κ3) is 3.83. The van der Waals surface area contributed by atoms with Gasteiger partial charge in [-0.15, -0.1) is 0 Å². The van der Waals surface area contributed by atoms with Crippen molar-refractivity contribution >= 4 is 28.4 Å². The van der Waals surface area contributed by atoms with E-state index >= 15 is 0 Å². The molecule has 4 nitrogen and oxygen atoms in total. The zero-order chi connectivity index (χ0) is 19.8. The molecule has 0 spiro atoms. The van der Waals surface area contributed by atoms with E-state index in [1.807, 2.05) is 71.0 Å². The summed E-state index contributed by atoms with van der Waals surface area (Å²) in [6, 6.07) is 13.3. The van der Waals surface area contributed by atoms with Crippen LogP contribution >= 0.6 is 11.8 Å². The Bertz CT molecular complexity index is 1060. The Morgan fingerprint density at radius 1 is 1.04 bits per heavy atom. The molecule has 1 aromatic heterocycles. The molecule has 1 heterocycles. The Balaban J connectivity index is 2.22. The van der Waals surface area contributed by atoms with Gasteiger partial charge in [0.25, 0.3) is 5.56 Å². The molecule has 0 amide bonds. The average Bonchev–Trinajstić information content (AvgIpc) is 2.60. The van der Waals surface area contributed by atoms with Crippen molar-refractivity contribution in [2.75, 3.05) is 5.75 Å². The number of para-hydroxylation sites is 2. The smallest absolute Gasteiger partial charge is 0.266 e. The van der Waals surface area contributed by atoms with E-state index in [9.17, 15) is 9.59 Å². The highest BCUT2D eigenvalue weighted by Gasteiger charge is 2.23. The monoisotopic (exact) mass is 380 g/mol. The molecule has 5 heteroatoms. The molecule has 0 unspecified atom stereocenters. The lowest BCUT2D eigenvalue weighted by atomic mass is 9.92. The number of thioether (sulfide) groups is 1. The number of rotatable bonds is 4. The summed E-state index contributed by atoms with van der Waals surface area (Å²) in [5, 5.41) is 1.13. The van der Waals surface area contributed by atoms with E-state index < -0.39 is 5.41 Å². The van der Waals surface area contributed by atoms with E-state index in [1.165, 1.54) is 11.8 Å². The van der Waals surface area contributed by atoms with E-state index in [1.54, 1.807) is 10.6 Å². The van der Waals surface area contributed by atoms with Gasteiger partial charge in [-0.05, 0) is 37.1 Å². The molecule has 3 aromatic rings. The first kappa shape index (κ1) is 19.4. The highest BCUT2D eigenvalue weighted by atomic mass is 32.2. The van der Waals surface area contributed by atoms with Crippen LogP contribution in [0.1, 0.15) is 31.9 Å². The molecule has 0 aliphatic carbocycles. The van der Waals surface area contributed by atoms with Gasteiger partial charge in [0.15, 0.2) is 5.16 Å². The number of fused-ring (bicyclic) bond motifs is 1. The molecule has 0 saturated heterocycles. The first-order valence-corrected chi connectivity index (χ1v) is 9.93. The molecular formula is C22H24N2O2S. The summed E-state index contributed by atoms with van der Waals surface area (Å²) < 4.78 is 1.66. The normalized spacial score (nSPS) is 11.7. The van der Waals surface area contributed by atoms with Crippen LogP contribution in [0.3, 0.4) is 0 Å². The Morgan fingerprint density at radius 3 is 2.30 bits per heavy atom. The van der Waals surface area contributed by atoms with E-state index in [4.69, 9.17) is 4.98 Å². The van der Waals surface area contributed by atoms with Gasteiger partial charge in [-0.3, -0.25) is 14.2 Å². The van der Waals surface area contributed by atoms with Crippen molar-refractivity contribution in [3.05, 3.63) is 63.9 Å². The van der Waals surface area contributed by atoms with Crippen LogP contribution in [0.4, 0.5) is 0 Å². The third-order valence-corrected chi connectivity index (χ3v) is 5.52. The molecule has 0 radical (unpaired) electrons. The quantitative estimate of drug-likeness (QED) is 0.486. The fourth-order valence-electron chi connectivity index (χ4n) is 2.91. The van der Waals surface area contributed by atoms with E-state index in [0.717, 1.165) is 16.8 Å². The predicted octanol–water partition coefficient (Wildman–Crippen LogP) is 4.71. The minimum absolute atomic E-state index is 0.108. The summed E-state index contributed by atoms with van der Waals surface area (Å²) in [5.74, 6) is 0.405. The van der Waals surface area contributed by atoms with Crippen molar-refractivity contribution in [1.82, 2.24) is 9.55 Å². The molecule has 0 aliphatic heterocycles. The van der Waals surface area contributed by atoms with Gasteiger partial charge in [-0.1, -0.05) is 62.9 Å². The summed E-state index contributed by atoms with van der Waals surface area (Å²) >= 11 is 1.33. The number of ketones is 1.